The summed E-state index contributed by atoms with van der Waals surface area (Å²) in [4.78, 5) is 14.4. The van der Waals surface area contributed by atoms with E-state index >= 15 is 4.39 Å². The molecule has 0 heterocycles. The van der Waals surface area contributed by atoms with Crippen LogP contribution in [0, 0.1) is 11.6 Å². The van der Waals surface area contributed by atoms with Gasteiger partial charge in [-0.05, 0) is 28.8 Å². The Morgan fingerprint density at radius 2 is 1.15 bits per heavy atom. The molecule has 0 radical (unpaired) electrons. The molecule has 166 valence electrons. The zero-order valence-corrected chi connectivity index (χ0v) is 18.0. The van der Waals surface area contributed by atoms with E-state index in [2.05, 4.69) is 0 Å². The summed E-state index contributed by atoms with van der Waals surface area (Å²) in [6.45, 7) is 0.702. The van der Waals surface area contributed by atoms with E-state index in [1.54, 1.807) is 29.2 Å². The van der Waals surface area contributed by atoms with Crippen LogP contribution in [-0.2, 0) is 24.4 Å². The molecule has 0 saturated carbocycles. The zero-order chi connectivity index (χ0) is 23.0. The Bertz CT molecular complexity index is 1160. The number of anilines is 1. The predicted molar refractivity (Wildman–Crippen MR) is 125 cm³/mol. The lowest BCUT2D eigenvalue weighted by Gasteiger charge is -2.26. The molecule has 0 aliphatic carbocycles. The SMILES string of the molecule is O=C(OCc1ccccc1)c1c(F)ccc(N(Cc2ccccc2)Cc2ccccc2)c1F. The topological polar surface area (TPSA) is 29.5 Å². The predicted octanol–water partition coefficient (Wildman–Crippen LogP) is 6.53. The van der Waals surface area contributed by atoms with E-state index in [0.717, 1.165) is 22.8 Å². The average Bonchev–Trinajstić information content (AvgIpc) is 2.84. The summed E-state index contributed by atoms with van der Waals surface area (Å²) in [6, 6.07) is 30.7. The number of halogens is 2. The minimum absolute atomic E-state index is 0.0689. The van der Waals surface area contributed by atoms with Gasteiger partial charge in [-0.15, -0.1) is 0 Å². The molecule has 4 rings (SSSR count). The van der Waals surface area contributed by atoms with Gasteiger partial charge in [0.1, 0.15) is 18.0 Å². The van der Waals surface area contributed by atoms with Crippen LogP contribution in [0.4, 0.5) is 14.5 Å². The highest BCUT2D eigenvalue weighted by molar-refractivity contribution is 5.91. The van der Waals surface area contributed by atoms with E-state index in [1.807, 2.05) is 66.7 Å². The van der Waals surface area contributed by atoms with Crippen LogP contribution in [0.5, 0.6) is 0 Å². The van der Waals surface area contributed by atoms with Crippen LogP contribution in [0.3, 0.4) is 0 Å². The third-order valence-electron chi connectivity index (χ3n) is 5.26. The largest absolute Gasteiger partial charge is 0.457 e. The molecule has 0 unspecified atom stereocenters. The maximum absolute atomic E-state index is 15.6. The number of carbonyl (C=O) groups excluding carboxylic acids is 1. The normalized spacial score (nSPS) is 10.6. The fourth-order valence-corrected chi connectivity index (χ4v) is 3.60. The Kier molecular flexibility index (Phi) is 7.10. The number of rotatable bonds is 8. The number of carbonyl (C=O) groups is 1. The molecule has 0 aromatic heterocycles. The van der Waals surface area contributed by atoms with E-state index in [9.17, 15) is 9.18 Å². The number of benzene rings is 4. The van der Waals surface area contributed by atoms with Crippen molar-refractivity contribution in [3.63, 3.8) is 0 Å². The van der Waals surface area contributed by atoms with Gasteiger partial charge in [-0.3, -0.25) is 0 Å². The zero-order valence-electron chi connectivity index (χ0n) is 18.0. The molecule has 4 aromatic rings. The summed E-state index contributed by atoms with van der Waals surface area (Å²) in [6.07, 6.45) is 0. The highest BCUT2D eigenvalue weighted by atomic mass is 19.1. The summed E-state index contributed by atoms with van der Waals surface area (Å²) in [7, 11) is 0. The summed E-state index contributed by atoms with van der Waals surface area (Å²) in [5.74, 6) is -2.91. The molecule has 0 aliphatic rings. The van der Waals surface area contributed by atoms with Crippen LogP contribution < -0.4 is 4.90 Å². The maximum Gasteiger partial charge on any atom is 0.344 e. The monoisotopic (exact) mass is 443 g/mol. The molecule has 0 spiro atoms. The van der Waals surface area contributed by atoms with Crippen molar-refractivity contribution in [3.05, 3.63) is 137 Å². The van der Waals surface area contributed by atoms with E-state index in [0.29, 0.717) is 13.1 Å². The van der Waals surface area contributed by atoms with Gasteiger partial charge < -0.3 is 9.64 Å². The number of hydrogen-bond donors (Lipinski definition) is 0. The third-order valence-corrected chi connectivity index (χ3v) is 5.26. The number of esters is 1. The molecule has 0 amide bonds. The van der Waals surface area contributed by atoms with Gasteiger partial charge >= 0.3 is 5.97 Å². The lowest BCUT2D eigenvalue weighted by atomic mass is 10.1. The van der Waals surface area contributed by atoms with Crippen molar-refractivity contribution in [3.8, 4) is 0 Å². The highest BCUT2D eigenvalue weighted by Crippen LogP contribution is 2.28. The van der Waals surface area contributed by atoms with Crippen LogP contribution in [0.25, 0.3) is 0 Å². The van der Waals surface area contributed by atoms with Gasteiger partial charge in [-0.25, -0.2) is 13.6 Å². The van der Waals surface area contributed by atoms with Gasteiger partial charge in [-0.2, -0.15) is 0 Å². The molecule has 3 nitrogen and oxygen atoms in total. The fourth-order valence-electron chi connectivity index (χ4n) is 3.60. The molecule has 0 atom stereocenters. The first-order chi connectivity index (χ1) is 16.1. The van der Waals surface area contributed by atoms with E-state index in [1.165, 1.54) is 6.07 Å². The molecular weight excluding hydrogens is 420 g/mol. The lowest BCUT2D eigenvalue weighted by Crippen LogP contribution is -2.24. The van der Waals surface area contributed by atoms with Crippen molar-refractivity contribution in [2.45, 2.75) is 19.7 Å². The first kappa shape index (κ1) is 22.2. The number of hydrogen-bond acceptors (Lipinski definition) is 3. The molecule has 0 N–H and O–H groups in total. The van der Waals surface area contributed by atoms with Crippen LogP contribution >= 0.6 is 0 Å². The Balaban J connectivity index is 1.64. The Hall–Kier alpha value is -3.99. The van der Waals surface area contributed by atoms with Crippen LogP contribution in [-0.4, -0.2) is 5.97 Å². The highest BCUT2D eigenvalue weighted by Gasteiger charge is 2.25. The fraction of sp³-hybridized carbons (Fsp3) is 0.107. The van der Waals surface area contributed by atoms with Crippen LogP contribution in [0.15, 0.2) is 103 Å². The van der Waals surface area contributed by atoms with Gasteiger partial charge in [0.25, 0.3) is 0 Å². The minimum Gasteiger partial charge on any atom is -0.457 e. The first-order valence-corrected chi connectivity index (χ1v) is 10.6. The standard InChI is InChI=1S/C28H23F2NO2/c29-24-16-17-25(27(30)26(24)28(32)33-20-23-14-8-3-9-15-23)31(18-21-10-4-1-5-11-21)19-22-12-6-2-7-13-22/h1-17H,18-20H2. The maximum atomic E-state index is 15.6. The van der Waals surface area contributed by atoms with Gasteiger partial charge in [0.2, 0.25) is 0 Å². The molecule has 5 heteroatoms. The smallest absolute Gasteiger partial charge is 0.344 e. The molecule has 0 fully saturated rings. The molecule has 0 aliphatic heterocycles. The summed E-state index contributed by atoms with van der Waals surface area (Å²) in [5.41, 5.74) is 2.11. The van der Waals surface area contributed by atoms with Gasteiger partial charge in [0, 0.05) is 13.1 Å². The average molecular weight is 443 g/mol. The molecule has 0 saturated heterocycles. The summed E-state index contributed by atoms with van der Waals surface area (Å²) < 4.78 is 35.4. The van der Waals surface area contributed by atoms with Crippen LogP contribution in [0.2, 0.25) is 0 Å². The van der Waals surface area contributed by atoms with Gasteiger partial charge in [-0.1, -0.05) is 91.0 Å². The van der Waals surface area contributed by atoms with Crippen molar-refractivity contribution in [2.24, 2.45) is 0 Å². The van der Waals surface area contributed by atoms with Gasteiger partial charge in [0.15, 0.2) is 5.82 Å². The lowest BCUT2D eigenvalue weighted by molar-refractivity contribution is 0.0461. The van der Waals surface area contributed by atoms with E-state index in [4.69, 9.17) is 4.74 Å². The Morgan fingerprint density at radius 3 is 1.67 bits per heavy atom. The molecule has 33 heavy (non-hydrogen) atoms. The summed E-state index contributed by atoms with van der Waals surface area (Å²) in [5, 5.41) is 0. The second-order valence-electron chi connectivity index (χ2n) is 7.64. The number of ether oxygens (including phenoxy) is 1. The Labute approximate surface area is 191 Å². The molecular formula is C28H23F2NO2. The minimum atomic E-state index is -1.03. The van der Waals surface area contributed by atoms with Crippen molar-refractivity contribution < 1.29 is 18.3 Å². The van der Waals surface area contributed by atoms with E-state index in [-0.39, 0.29) is 12.3 Å². The van der Waals surface area contributed by atoms with Crippen molar-refractivity contribution in [2.75, 3.05) is 4.90 Å². The first-order valence-electron chi connectivity index (χ1n) is 10.6. The van der Waals surface area contributed by atoms with Crippen molar-refractivity contribution >= 4 is 11.7 Å². The van der Waals surface area contributed by atoms with Crippen LogP contribution in [0.1, 0.15) is 27.0 Å². The Morgan fingerprint density at radius 1 is 0.667 bits per heavy atom. The van der Waals surface area contributed by atoms with Crippen molar-refractivity contribution in [1.29, 1.82) is 0 Å². The van der Waals surface area contributed by atoms with E-state index < -0.39 is 23.2 Å². The van der Waals surface area contributed by atoms with Crippen molar-refractivity contribution in [1.82, 2.24) is 0 Å². The third kappa shape index (κ3) is 5.63. The molecule has 4 aromatic carbocycles. The quantitative estimate of drug-likeness (QED) is 0.290. The second kappa shape index (κ2) is 10.6. The number of nitrogens with zero attached hydrogens (tertiary/aromatic N) is 1. The molecule has 0 bridgehead atoms. The van der Waals surface area contributed by atoms with Gasteiger partial charge in [0.05, 0.1) is 5.69 Å². The summed E-state index contributed by atoms with van der Waals surface area (Å²) >= 11 is 0. The second-order valence-corrected chi connectivity index (χ2v) is 7.64.